The Morgan fingerprint density at radius 3 is 2.81 bits per heavy atom. The fraction of sp³-hybridized carbons (Fsp3) is 0.389. The Kier molecular flexibility index (Phi) is 5.78. The molecule has 0 aromatic carbocycles. The second-order valence-electron chi connectivity index (χ2n) is 5.77. The summed E-state index contributed by atoms with van der Waals surface area (Å²) in [6.07, 6.45) is 3.81. The lowest BCUT2D eigenvalue weighted by Crippen LogP contribution is -2.17. The third-order valence-corrected chi connectivity index (χ3v) is 5.63. The number of methoxy groups -OCH3 is 1. The Balaban J connectivity index is 1.94. The van der Waals surface area contributed by atoms with Gasteiger partial charge in [0.1, 0.15) is 5.00 Å². The van der Waals surface area contributed by atoms with Gasteiger partial charge >= 0.3 is 5.97 Å². The highest BCUT2D eigenvalue weighted by Gasteiger charge is 2.27. The number of carbonyl (C=O) groups excluding carboxylic acids is 2. The first-order chi connectivity index (χ1) is 12.5. The molecule has 26 heavy (non-hydrogen) atoms. The number of pyridine rings is 1. The lowest BCUT2D eigenvalue weighted by atomic mass is 9.95. The minimum atomic E-state index is -0.486. The molecule has 1 N–H and O–H groups in total. The summed E-state index contributed by atoms with van der Waals surface area (Å²) >= 11 is 7.54. The number of aromatic nitrogens is 1. The number of nitrogens with one attached hydrogen (secondary N) is 1. The van der Waals surface area contributed by atoms with Gasteiger partial charge in [-0.05, 0) is 44.2 Å². The smallest absolute Gasteiger partial charge is 0.341 e. The highest BCUT2D eigenvalue weighted by Crippen LogP contribution is 2.38. The van der Waals surface area contributed by atoms with Crippen LogP contribution >= 0.6 is 22.9 Å². The molecule has 6 nitrogen and oxygen atoms in total. The van der Waals surface area contributed by atoms with E-state index in [2.05, 4.69) is 10.3 Å². The Labute approximate surface area is 160 Å². The Morgan fingerprint density at radius 1 is 1.31 bits per heavy atom. The number of rotatable bonds is 5. The van der Waals surface area contributed by atoms with Crippen LogP contribution in [-0.4, -0.2) is 30.6 Å². The van der Waals surface area contributed by atoms with Crippen molar-refractivity contribution in [3.05, 3.63) is 38.9 Å². The molecule has 0 bridgehead atoms. The predicted octanol–water partition coefficient (Wildman–Crippen LogP) is 4.11. The fourth-order valence-electron chi connectivity index (χ4n) is 2.95. The van der Waals surface area contributed by atoms with Gasteiger partial charge in [-0.3, -0.25) is 4.79 Å². The van der Waals surface area contributed by atoms with Crippen LogP contribution in [0.25, 0.3) is 0 Å². The zero-order valence-electron chi connectivity index (χ0n) is 14.6. The van der Waals surface area contributed by atoms with E-state index in [9.17, 15) is 9.59 Å². The molecule has 0 saturated carbocycles. The molecule has 2 aromatic rings. The normalized spacial score (nSPS) is 13.0. The molecular weight excluding hydrogens is 376 g/mol. The summed E-state index contributed by atoms with van der Waals surface area (Å²) in [6.45, 7) is 2.26. The number of fused-ring (bicyclic) bond motifs is 1. The molecule has 1 amide bonds. The molecule has 0 saturated heterocycles. The van der Waals surface area contributed by atoms with Gasteiger partial charge in [0.15, 0.2) is 5.69 Å². The van der Waals surface area contributed by atoms with Crippen molar-refractivity contribution in [1.29, 1.82) is 0 Å². The van der Waals surface area contributed by atoms with Crippen LogP contribution in [0.3, 0.4) is 0 Å². The van der Waals surface area contributed by atoms with Crippen LogP contribution in [0, 0.1) is 0 Å². The van der Waals surface area contributed by atoms with E-state index in [1.807, 2.05) is 6.92 Å². The van der Waals surface area contributed by atoms with Crippen LogP contribution < -0.4 is 10.1 Å². The monoisotopic (exact) mass is 394 g/mol. The molecule has 0 radical (unpaired) electrons. The lowest BCUT2D eigenvalue weighted by Gasteiger charge is -2.12. The molecule has 1 aliphatic carbocycles. The van der Waals surface area contributed by atoms with Gasteiger partial charge in [0, 0.05) is 10.9 Å². The van der Waals surface area contributed by atoms with E-state index in [0.29, 0.717) is 23.1 Å². The molecule has 2 heterocycles. The van der Waals surface area contributed by atoms with Gasteiger partial charge in [0.25, 0.3) is 5.91 Å². The molecule has 0 unspecified atom stereocenters. The first-order valence-electron chi connectivity index (χ1n) is 8.38. The summed E-state index contributed by atoms with van der Waals surface area (Å²) in [5.41, 5.74) is 1.47. The first-order valence-corrected chi connectivity index (χ1v) is 9.58. The number of thiophene rings is 1. The number of nitrogens with zero attached hydrogens (tertiary/aromatic N) is 1. The molecule has 1 aliphatic rings. The predicted molar refractivity (Wildman–Crippen MR) is 101 cm³/mol. The van der Waals surface area contributed by atoms with Crippen molar-refractivity contribution in [3.8, 4) is 5.88 Å². The molecule has 0 fully saturated rings. The number of hydrogen-bond acceptors (Lipinski definition) is 6. The van der Waals surface area contributed by atoms with E-state index < -0.39 is 11.9 Å². The van der Waals surface area contributed by atoms with Crippen molar-refractivity contribution < 1.29 is 19.1 Å². The van der Waals surface area contributed by atoms with E-state index >= 15 is 0 Å². The fourth-order valence-corrected chi connectivity index (χ4v) is 4.41. The van der Waals surface area contributed by atoms with E-state index in [0.717, 1.165) is 36.1 Å². The quantitative estimate of drug-likeness (QED) is 0.772. The largest absolute Gasteiger partial charge is 0.478 e. The average molecular weight is 395 g/mol. The number of hydrogen-bond donors (Lipinski definition) is 1. The molecule has 3 rings (SSSR count). The summed E-state index contributed by atoms with van der Waals surface area (Å²) in [4.78, 5) is 30.2. The third kappa shape index (κ3) is 3.68. The number of esters is 1. The third-order valence-electron chi connectivity index (χ3n) is 4.12. The van der Waals surface area contributed by atoms with E-state index in [1.165, 1.54) is 18.4 Å². The topological polar surface area (TPSA) is 77.5 Å². The number of anilines is 1. The lowest BCUT2D eigenvalue weighted by molar-refractivity contribution is 0.0601. The molecule has 0 aliphatic heterocycles. The molecule has 8 heteroatoms. The number of amides is 1. The summed E-state index contributed by atoms with van der Waals surface area (Å²) in [7, 11) is 1.34. The molecule has 2 aromatic heterocycles. The average Bonchev–Trinajstić information content (AvgIpc) is 3.00. The number of aryl methyl sites for hydroxylation is 1. The van der Waals surface area contributed by atoms with Crippen LogP contribution in [0.1, 0.15) is 51.1 Å². The molecule has 138 valence electrons. The minimum Gasteiger partial charge on any atom is -0.478 e. The van der Waals surface area contributed by atoms with Crippen LogP contribution in [-0.2, 0) is 17.6 Å². The molecule has 0 atom stereocenters. The van der Waals surface area contributed by atoms with Crippen molar-refractivity contribution >= 4 is 39.8 Å². The number of halogens is 1. The maximum atomic E-state index is 12.7. The van der Waals surface area contributed by atoms with Crippen molar-refractivity contribution in [3.63, 3.8) is 0 Å². The molecule has 0 spiro atoms. The van der Waals surface area contributed by atoms with Gasteiger partial charge in [-0.2, -0.15) is 0 Å². The van der Waals surface area contributed by atoms with Crippen LogP contribution in [0.4, 0.5) is 5.00 Å². The first kappa shape index (κ1) is 18.7. The summed E-state index contributed by atoms with van der Waals surface area (Å²) in [5, 5.41) is 3.48. The van der Waals surface area contributed by atoms with Crippen molar-refractivity contribution in [1.82, 2.24) is 4.98 Å². The van der Waals surface area contributed by atoms with Crippen LogP contribution in [0.15, 0.2) is 12.1 Å². The van der Waals surface area contributed by atoms with Gasteiger partial charge < -0.3 is 14.8 Å². The van der Waals surface area contributed by atoms with Crippen LogP contribution in [0.5, 0.6) is 5.88 Å². The SMILES string of the molecule is CCOc1ccc(Cl)c(C(=O)Nc2sc3c(c2C(=O)OC)CCCC3)n1. The van der Waals surface area contributed by atoms with Gasteiger partial charge in [-0.15, -0.1) is 11.3 Å². The summed E-state index contributed by atoms with van der Waals surface area (Å²) in [5.74, 6) is -0.608. The van der Waals surface area contributed by atoms with E-state index in [4.69, 9.17) is 21.1 Å². The zero-order chi connectivity index (χ0) is 18.7. The van der Waals surface area contributed by atoms with E-state index in [-0.39, 0.29) is 10.7 Å². The minimum absolute atomic E-state index is 0.0554. The van der Waals surface area contributed by atoms with Crippen LogP contribution in [0.2, 0.25) is 5.02 Å². The number of carbonyl (C=O) groups is 2. The second kappa shape index (κ2) is 8.05. The Morgan fingerprint density at radius 2 is 2.08 bits per heavy atom. The number of ether oxygens (including phenoxy) is 2. The molecular formula is C18H19ClN2O4S. The highest BCUT2D eigenvalue weighted by atomic mass is 35.5. The van der Waals surface area contributed by atoms with Gasteiger partial charge in [0.05, 0.1) is 24.3 Å². The van der Waals surface area contributed by atoms with E-state index in [1.54, 1.807) is 12.1 Å². The van der Waals surface area contributed by atoms with Crippen molar-refractivity contribution in [2.24, 2.45) is 0 Å². The maximum Gasteiger partial charge on any atom is 0.341 e. The summed E-state index contributed by atoms with van der Waals surface area (Å²) in [6, 6.07) is 3.17. The Hall–Kier alpha value is -2.12. The standard InChI is InChI=1S/C18H19ClN2O4S/c1-3-25-13-9-8-11(19)15(20-13)16(22)21-17-14(18(23)24-2)10-6-4-5-7-12(10)26-17/h8-9H,3-7H2,1-2H3,(H,21,22). The highest BCUT2D eigenvalue weighted by molar-refractivity contribution is 7.17. The summed E-state index contributed by atoms with van der Waals surface area (Å²) < 4.78 is 10.2. The van der Waals surface area contributed by atoms with Gasteiger partial charge in [0.2, 0.25) is 5.88 Å². The Bertz CT molecular complexity index is 850. The maximum absolute atomic E-state index is 12.7. The van der Waals surface area contributed by atoms with Gasteiger partial charge in [-0.1, -0.05) is 11.6 Å². The zero-order valence-corrected chi connectivity index (χ0v) is 16.1. The van der Waals surface area contributed by atoms with Crippen molar-refractivity contribution in [2.75, 3.05) is 19.0 Å². The second-order valence-corrected chi connectivity index (χ2v) is 7.29. The van der Waals surface area contributed by atoms with Crippen molar-refractivity contribution in [2.45, 2.75) is 32.6 Å². The van der Waals surface area contributed by atoms with Gasteiger partial charge in [-0.25, -0.2) is 9.78 Å².